The Morgan fingerprint density at radius 3 is 2.30 bits per heavy atom. The minimum atomic E-state index is -0.125. The highest BCUT2D eigenvalue weighted by atomic mass is 35.5. The molecule has 1 fully saturated rings. The molecule has 1 heterocycles. The molecule has 1 aliphatic heterocycles. The summed E-state index contributed by atoms with van der Waals surface area (Å²) in [4.78, 5) is 17.3. The average molecular weight is 357 g/mol. The second-order valence-electron chi connectivity index (χ2n) is 6.48. The summed E-state index contributed by atoms with van der Waals surface area (Å²) < 4.78 is 0. The number of nitrogens with zero attached hydrogens (tertiary/aromatic N) is 2. The number of ketones is 1. The molecular formula is C18H26Cl2N2O. The molecule has 1 saturated heterocycles. The first-order valence-electron chi connectivity index (χ1n) is 8.36. The van der Waals surface area contributed by atoms with E-state index in [0.717, 1.165) is 38.3 Å². The number of piperazine rings is 1. The summed E-state index contributed by atoms with van der Waals surface area (Å²) in [5.74, 6) is 0.134. The highest BCUT2D eigenvalue weighted by Crippen LogP contribution is 2.28. The minimum Gasteiger partial charge on any atom is -0.300 e. The summed E-state index contributed by atoms with van der Waals surface area (Å²) in [5.41, 5.74) is 0.970. The van der Waals surface area contributed by atoms with E-state index in [9.17, 15) is 4.79 Å². The Morgan fingerprint density at radius 2 is 1.78 bits per heavy atom. The van der Waals surface area contributed by atoms with Gasteiger partial charge >= 0.3 is 0 Å². The fourth-order valence-electron chi connectivity index (χ4n) is 3.09. The Kier molecular flexibility index (Phi) is 6.90. The lowest BCUT2D eigenvalue weighted by atomic mass is 9.92. The zero-order valence-corrected chi connectivity index (χ0v) is 15.7. The summed E-state index contributed by atoms with van der Waals surface area (Å²) in [6, 6.07) is 6.13. The first-order chi connectivity index (χ1) is 10.9. The molecule has 3 nitrogen and oxygen atoms in total. The van der Waals surface area contributed by atoms with Crippen LogP contribution in [0.4, 0.5) is 0 Å². The lowest BCUT2D eigenvalue weighted by Crippen LogP contribution is -2.50. The standard InChI is InChI=1S/C18H26Cl2N2O/c1-4-18(23)15(14-5-6-16(19)17(20)11-14)12-21-7-9-22(10-8-21)13(2)3/h5-6,11,13,15H,4,7-10,12H2,1-3H3/t15-/m1/s1. The molecule has 1 aromatic rings. The minimum absolute atomic E-state index is 0.125. The van der Waals surface area contributed by atoms with E-state index >= 15 is 0 Å². The van der Waals surface area contributed by atoms with Crippen molar-refractivity contribution in [3.63, 3.8) is 0 Å². The fraction of sp³-hybridized carbons (Fsp3) is 0.611. The van der Waals surface area contributed by atoms with Crippen molar-refractivity contribution in [1.29, 1.82) is 0 Å². The Morgan fingerprint density at radius 1 is 1.13 bits per heavy atom. The zero-order valence-electron chi connectivity index (χ0n) is 14.2. The summed E-state index contributed by atoms with van der Waals surface area (Å²) >= 11 is 12.1. The van der Waals surface area contributed by atoms with Crippen LogP contribution in [0.15, 0.2) is 18.2 Å². The molecule has 5 heteroatoms. The molecule has 0 amide bonds. The third kappa shape index (κ3) is 4.93. The lowest BCUT2D eigenvalue weighted by Gasteiger charge is -2.38. The van der Waals surface area contributed by atoms with Gasteiger partial charge in [0.1, 0.15) is 5.78 Å². The van der Waals surface area contributed by atoms with Crippen LogP contribution in [0.5, 0.6) is 0 Å². The van der Waals surface area contributed by atoms with E-state index in [1.807, 2.05) is 19.1 Å². The predicted octanol–water partition coefficient (Wildman–Crippen LogP) is 4.08. The van der Waals surface area contributed by atoms with Gasteiger partial charge in [-0.05, 0) is 31.5 Å². The second-order valence-corrected chi connectivity index (χ2v) is 7.29. The molecule has 0 radical (unpaired) electrons. The lowest BCUT2D eigenvalue weighted by molar-refractivity contribution is -0.120. The number of hydrogen-bond acceptors (Lipinski definition) is 3. The van der Waals surface area contributed by atoms with Gasteiger partial charge in [0.25, 0.3) is 0 Å². The Balaban J connectivity index is 2.08. The van der Waals surface area contributed by atoms with Crippen LogP contribution in [0.1, 0.15) is 38.7 Å². The molecule has 1 aromatic carbocycles. The molecule has 23 heavy (non-hydrogen) atoms. The zero-order chi connectivity index (χ0) is 17.0. The van der Waals surface area contributed by atoms with Crippen molar-refractivity contribution in [2.75, 3.05) is 32.7 Å². The molecular weight excluding hydrogens is 331 g/mol. The maximum atomic E-state index is 12.4. The van der Waals surface area contributed by atoms with Crippen LogP contribution in [0, 0.1) is 0 Å². The quantitative estimate of drug-likeness (QED) is 0.766. The molecule has 128 valence electrons. The Bertz CT molecular complexity index is 540. The Hall–Kier alpha value is -0.610. The average Bonchev–Trinajstić information content (AvgIpc) is 2.55. The van der Waals surface area contributed by atoms with Gasteiger partial charge in [-0.25, -0.2) is 0 Å². The predicted molar refractivity (Wildman–Crippen MR) is 97.7 cm³/mol. The van der Waals surface area contributed by atoms with Gasteiger partial charge in [0, 0.05) is 45.2 Å². The van der Waals surface area contributed by atoms with Crippen molar-refractivity contribution >= 4 is 29.0 Å². The van der Waals surface area contributed by atoms with Crippen LogP contribution >= 0.6 is 23.2 Å². The van der Waals surface area contributed by atoms with E-state index in [0.29, 0.717) is 22.5 Å². The topological polar surface area (TPSA) is 23.6 Å². The number of Topliss-reactive ketones (excluding diaryl/α,β-unsaturated/α-hetero) is 1. The van der Waals surface area contributed by atoms with Crippen molar-refractivity contribution < 1.29 is 4.79 Å². The molecule has 2 rings (SSSR count). The van der Waals surface area contributed by atoms with E-state index in [4.69, 9.17) is 23.2 Å². The van der Waals surface area contributed by atoms with Gasteiger partial charge < -0.3 is 0 Å². The fourth-order valence-corrected chi connectivity index (χ4v) is 3.40. The van der Waals surface area contributed by atoms with Gasteiger partial charge in [0.05, 0.1) is 16.0 Å². The summed E-state index contributed by atoms with van der Waals surface area (Å²) in [6.45, 7) is 11.3. The highest BCUT2D eigenvalue weighted by Gasteiger charge is 2.26. The van der Waals surface area contributed by atoms with Gasteiger partial charge in [-0.15, -0.1) is 0 Å². The number of carbonyl (C=O) groups is 1. The van der Waals surface area contributed by atoms with Gasteiger partial charge in [-0.1, -0.05) is 36.2 Å². The van der Waals surface area contributed by atoms with Crippen molar-refractivity contribution in [1.82, 2.24) is 9.80 Å². The Labute approximate surface area is 149 Å². The van der Waals surface area contributed by atoms with Crippen molar-refractivity contribution in [3.05, 3.63) is 33.8 Å². The molecule has 0 aromatic heterocycles. The number of halogens is 2. The van der Waals surface area contributed by atoms with E-state index in [2.05, 4.69) is 23.6 Å². The van der Waals surface area contributed by atoms with E-state index in [1.54, 1.807) is 6.07 Å². The SMILES string of the molecule is CCC(=O)[C@H](CN1CCN(C(C)C)CC1)c1ccc(Cl)c(Cl)c1. The van der Waals surface area contributed by atoms with Crippen molar-refractivity contribution in [2.24, 2.45) is 0 Å². The van der Waals surface area contributed by atoms with E-state index < -0.39 is 0 Å². The first-order valence-corrected chi connectivity index (χ1v) is 9.12. The van der Waals surface area contributed by atoms with Gasteiger partial charge in [0.15, 0.2) is 0 Å². The smallest absolute Gasteiger partial charge is 0.141 e. The van der Waals surface area contributed by atoms with Crippen molar-refractivity contribution in [3.8, 4) is 0 Å². The van der Waals surface area contributed by atoms with E-state index in [-0.39, 0.29) is 11.7 Å². The number of benzene rings is 1. The number of carbonyl (C=O) groups excluding carboxylic acids is 1. The maximum absolute atomic E-state index is 12.4. The molecule has 0 N–H and O–H groups in total. The second kappa shape index (κ2) is 8.48. The number of hydrogen-bond donors (Lipinski definition) is 0. The van der Waals surface area contributed by atoms with Crippen LogP contribution < -0.4 is 0 Å². The van der Waals surface area contributed by atoms with E-state index in [1.165, 1.54) is 0 Å². The third-order valence-electron chi connectivity index (χ3n) is 4.66. The molecule has 0 bridgehead atoms. The normalized spacial score (nSPS) is 18.3. The monoisotopic (exact) mass is 356 g/mol. The molecule has 1 atom stereocenters. The highest BCUT2D eigenvalue weighted by molar-refractivity contribution is 6.42. The first kappa shape index (κ1) is 18.7. The van der Waals surface area contributed by atoms with Crippen LogP contribution in [0.2, 0.25) is 10.0 Å². The van der Waals surface area contributed by atoms with Crippen molar-refractivity contribution in [2.45, 2.75) is 39.2 Å². The van der Waals surface area contributed by atoms with Gasteiger partial charge in [0.2, 0.25) is 0 Å². The maximum Gasteiger partial charge on any atom is 0.141 e. The van der Waals surface area contributed by atoms with Gasteiger partial charge in [-0.3, -0.25) is 14.6 Å². The molecule has 0 spiro atoms. The van der Waals surface area contributed by atoms with Crippen LogP contribution in [-0.4, -0.2) is 54.3 Å². The molecule has 1 aliphatic rings. The number of rotatable bonds is 6. The summed E-state index contributed by atoms with van der Waals surface area (Å²) in [5, 5.41) is 1.05. The molecule has 0 saturated carbocycles. The van der Waals surface area contributed by atoms with Gasteiger partial charge in [-0.2, -0.15) is 0 Å². The molecule has 0 unspecified atom stereocenters. The summed E-state index contributed by atoms with van der Waals surface area (Å²) in [6.07, 6.45) is 0.539. The third-order valence-corrected chi connectivity index (χ3v) is 5.40. The van der Waals surface area contributed by atoms with Crippen LogP contribution in [0.3, 0.4) is 0 Å². The molecule has 0 aliphatic carbocycles. The van der Waals surface area contributed by atoms with Crippen LogP contribution in [0.25, 0.3) is 0 Å². The summed E-state index contributed by atoms with van der Waals surface area (Å²) in [7, 11) is 0. The van der Waals surface area contributed by atoms with Crippen LogP contribution in [-0.2, 0) is 4.79 Å². The largest absolute Gasteiger partial charge is 0.300 e.